The van der Waals surface area contributed by atoms with E-state index < -0.39 is 16.1 Å². The van der Waals surface area contributed by atoms with E-state index in [4.69, 9.17) is 27.6 Å². The number of carbonyl (C=O) groups is 1. The third kappa shape index (κ3) is 6.38. The quantitative estimate of drug-likeness (QED) is 0.493. The van der Waals surface area contributed by atoms with E-state index in [1.54, 1.807) is 36.4 Å². The van der Waals surface area contributed by atoms with Gasteiger partial charge in [-0.25, -0.2) is 18.2 Å². The third-order valence-corrected chi connectivity index (χ3v) is 5.66. The zero-order valence-electron chi connectivity index (χ0n) is 14.9. The number of sulfonamides is 1. The van der Waals surface area contributed by atoms with Crippen molar-refractivity contribution in [3.05, 3.63) is 76.4 Å². The Morgan fingerprint density at radius 2 is 1.76 bits per heavy atom. The molecular weight excluding hydrogens is 439 g/mol. The fraction of sp³-hybridized carbons (Fsp3) is 0.111. The Morgan fingerprint density at radius 1 is 1.03 bits per heavy atom. The van der Waals surface area contributed by atoms with Crippen LogP contribution in [-0.4, -0.2) is 19.4 Å². The van der Waals surface area contributed by atoms with Crippen molar-refractivity contribution in [3.63, 3.8) is 0 Å². The van der Waals surface area contributed by atoms with E-state index in [0.29, 0.717) is 27.7 Å². The number of nitrogens with zero attached hydrogens (tertiary/aromatic N) is 1. The van der Waals surface area contributed by atoms with Crippen LogP contribution in [0, 0.1) is 0 Å². The van der Waals surface area contributed by atoms with E-state index in [2.05, 4.69) is 20.3 Å². The number of amides is 2. The molecule has 0 aliphatic carbocycles. The number of nitrogens with one attached hydrogen (secondary N) is 3. The minimum Gasteiger partial charge on any atom is -0.447 e. The first-order valence-corrected chi connectivity index (χ1v) is 10.7. The number of carbonyl (C=O) groups excluding carboxylic acids is 1. The van der Waals surface area contributed by atoms with Gasteiger partial charge in [-0.3, -0.25) is 4.72 Å². The van der Waals surface area contributed by atoms with Crippen molar-refractivity contribution in [2.45, 2.75) is 12.3 Å². The average Bonchev–Trinajstić information content (AvgIpc) is 3.18. The molecule has 0 unspecified atom stereocenters. The monoisotopic (exact) mass is 454 g/mol. The predicted octanol–water partition coefficient (Wildman–Crippen LogP) is 4.25. The average molecular weight is 455 g/mol. The van der Waals surface area contributed by atoms with Gasteiger partial charge in [0.1, 0.15) is 5.76 Å². The van der Waals surface area contributed by atoms with Crippen LogP contribution < -0.4 is 15.4 Å². The predicted molar refractivity (Wildman–Crippen MR) is 112 cm³/mol. The van der Waals surface area contributed by atoms with Crippen LogP contribution in [0.5, 0.6) is 0 Å². The van der Waals surface area contributed by atoms with Crippen LogP contribution in [0.15, 0.2) is 59.5 Å². The molecule has 0 radical (unpaired) electrons. The van der Waals surface area contributed by atoms with Gasteiger partial charge in [0, 0.05) is 11.4 Å². The second kappa shape index (κ2) is 9.17. The van der Waals surface area contributed by atoms with Crippen LogP contribution in [0.25, 0.3) is 0 Å². The van der Waals surface area contributed by atoms with Crippen LogP contribution in [-0.2, 0) is 22.3 Å². The number of aromatic nitrogens is 1. The Kier molecular flexibility index (Phi) is 6.63. The van der Waals surface area contributed by atoms with E-state index in [-0.39, 0.29) is 17.3 Å². The maximum absolute atomic E-state index is 12.3. The summed E-state index contributed by atoms with van der Waals surface area (Å²) in [5, 5.41) is 5.88. The second-order valence-corrected chi connectivity index (χ2v) is 8.50. The molecule has 0 atom stereocenters. The summed E-state index contributed by atoms with van der Waals surface area (Å²) >= 11 is 11.8. The van der Waals surface area contributed by atoms with Gasteiger partial charge in [0.2, 0.25) is 10.0 Å². The minimum atomic E-state index is -3.65. The lowest BCUT2D eigenvalue weighted by Gasteiger charge is -2.10. The molecule has 0 saturated carbocycles. The summed E-state index contributed by atoms with van der Waals surface area (Å²) < 4.78 is 32.2. The van der Waals surface area contributed by atoms with Crippen LogP contribution in [0.4, 0.5) is 16.2 Å². The molecule has 0 bridgehead atoms. The highest BCUT2D eigenvalue weighted by atomic mass is 35.5. The molecule has 11 heteroatoms. The zero-order chi connectivity index (χ0) is 20.9. The van der Waals surface area contributed by atoms with E-state index in [1.165, 1.54) is 18.7 Å². The van der Waals surface area contributed by atoms with Gasteiger partial charge in [-0.1, -0.05) is 29.3 Å². The third-order valence-electron chi connectivity index (χ3n) is 3.66. The largest absolute Gasteiger partial charge is 0.447 e. The van der Waals surface area contributed by atoms with Crippen LogP contribution in [0.2, 0.25) is 10.0 Å². The van der Waals surface area contributed by atoms with Crippen molar-refractivity contribution < 1.29 is 17.6 Å². The highest BCUT2D eigenvalue weighted by Gasteiger charge is 2.13. The van der Waals surface area contributed by atoms with Gasteiger partial charge in [0.15, 0.2) is 6.39 Å². The number of rotatable bonds is 7. The number of anilines is 2. The molecule has 0 spiro atoms. The molecule has 8 nitrogen and oxygen atoms in total. The Labute approximate surface area is 177 Å². The minimum absolute atomic E-state index is 0.193. The molecule has 3 rings (SSSR count). The summed E-state index contributed by atoms with van der Waals surface area (Å²) in [6.07, 6.45) is 2.77. The lowest BCUT2D eigenvalue weighted by molar-refractivity contribution is 0.251. The smallest absolute Gasteiger partial charge is 0.319 e. The van der Waals surface area contributed by atoms with Crippen molar-refractivity contribution in [1.29, 1.82) is 0 Å². The first-order valence-electron chi connectivity index (χ1n) is 8.27. The van der Waals surface area contributed by atoms with Gasteiger partial charge in [0.25, 0.3) is 0 Å². The number of benzene rings is 2. The van der Waals surface area contributed by atoms with E-state index in [1.807, 2.05) is 0 Å². The topological polar surface area (TPSA) is 113 Å². The van der Waals surface area contributed by atoms with Gasteiger partial charge in [-0.05, 0) is 42.0 Å². The van der Waals surface area contributed by atoms with Gasteiger partial charge in [-0.2, -0.15) is 0 Å². The fourth-order valence-corrected chi connectivity index (χ4v) is 3.86. The number of oxazole rings is 1. The number of urea groups is 1. The maximum Gasteiger partial charge on any atom is 0.319 e. The maximum atomic E-state index is 12.3. The lowest BCUT2D eigenvalue weighted by atomic mass is 10.2. The van der Waals surface area contributed by atoms with Crippen LogP contribution in [0.3, 0.4) is 0 Å². The summed E-state index contributed by atoms with van der Waals surface area (Å²) in [4.78, 5) is 15.6. The molecule has 152 valence electrons. The van der Waals surface area contributed by atoms with Crippen molar-refractivity contribution in [2.75, 3.05) is 10.0 Å². The van der Waals surface area contributed by atoms with Crippen molar-refractivity contribution in [2.24, 2.45) is 0 Å². The molecule has 29 heavy (non-hydrogen) atoms. The van der Waals surface area contributed by atoms with Crippen LogP contribution in [0.1, 0.15) is 11.3 Å². The first kappa shape index (κ1) is 21.0. The lowest BCUT2D eigenvalue weighted by Crippen LogP contribution is -2.28. The second-order valence-electron chi connectivity index (χ2n) is 5.96. The molecule has 3 N–H and O–H groups in total. The summed E-state index contributed by atoms with van der Waals surface area (Å²) in [6.45, 7) is 0.193. The summed E-state index contributed by atoms with van der Waals surface area (Å²) in [5.41, 5.74) is 1.36. The first-order chi connectivity index (χ1) is 13.8. The highest BCUT2D eigenvalue weighted by Crippen LogP contribution is 2.24. The highest BCUT2D eigenvalue weighted by molar-refractivity contribution is 7.91. The van der Waals surface area contributed by atoms with E-state index in [9.17, 15) is 13.2 Å². The van der Waals surface area contributed by atoms with E-state index >= 15 is 0 Å². The van der Waals surface area contributed by atoms with Gasteiger partial charge in [0.05, 0.1) is 28.5 Å². The van der Waals surface area contributed by atoms with E-state index in [0.717, 1.165) is 0 Å². The fourth-order valence-electron chi connectivity index (χ4n) is 2.36. The Bertz CT molecular complexity index is 1090. The molecule has 1 aromatic heterocycles. The molecule has 1 heterocycles. The summed E-state index contributed by atoms with van der Waals surface area (Å²) in [7, 11) is -3.65. The molecule has 2 aromatic carbocycles. The number of halogens is 2. The number of hydrogen-bond acceptors (Lipinski definition) is 5. The zero-order valence-corrected chi connectivity index (χ0v) is 17.2. The molecule has 0 aliphatic rings. The normalized spacial score (nSPS) is 11.1. The molecule has 0 saturated heterocycles. The molecule has 2 amide bonds. The van der Waals surface area contributed by atoms with Crippen molar-refractivity contribution in [1.82, 2.24) is 10.3 Å². The summed E-state index contributed by atoms with van der Waals surface area (Å²) in [6, 6.07) is 10.4. The van der Waals surface area contributed by atoms with Gasteiger partial charge >= 0.3 is 6.03 Å². The summed E-state index contributed by atoms with van der Waals surface area (Å²) in [5.74, 6) is 0.264. The van der Waals surface area contributed by atoms with Crippen molar-refractivity contribution in [3.8, 4) is 0 Å². The van der Waals surface area contributed by atoms with Gasteiger partial charge < -0.3 is 15.1 Å². The number of hydrogen-bond donors (Lipinski definition) is 3. The standard InChI is InChI=1S/C18H16Cl2N4O4S/c19-16-6-1-12(7-17(16)20)10-29(26,27)24-14-4-2-13(3-5-14)23-18(25)22-9-15-8-21-11-28-15/h1-8,11,24H,9-10H2,(H2,22,23,25). The van der Waals surface area contributed by atoms with Crippen LogP contribution >= 0.6 is 23.2 Å². The molecule has 3 aromatic rings. The van der Waals surface area contributed by atoms with Gasteiger partial charge in [-0.15, -0.1) is 0 Å². The Balaban J connectivity index is 1.54. The van der Waals surface area contributed by atoms with Crippen molar-refractivity contribution >= 4 is 50.6 Å². The Hall–Kier alpha value is -2.75. The Morgan fingerprint density at radius 3 is 2.41 bits per heavy atom. The SMILES string of the molecule is O=C(NCc1cnco1)Nc1ccc(NS(=O)(=O)Cc2ccc(Cl)c(Cl)c2)cc1. The molecule has 0 aliphatic heterocycles. The molecule has 0 fully saturated rings. The molecular formula is C18H16Cl2N4O4S.